The van der Waals surface area contributed by atoms with Gasteiger partial charge in [-0.15, -0.1) is 0 Å². The highest BCUT2D eigenvalue weighted by Crippen LogP contribution is 2.20. The van der Waals surface area contributed by atoms with Gasteiger partial charge in [0.15, 0.2) is 0 Å². The number of furan rings is 1. The zero-order chi connectivity index (χ0) is 14.6. The molecule has 0 saturated heterocycles. The Labute approximate surface area is 112 Å². The Morgan fingerprint density at radius 1 is 1.37 bits per heavy atom. The molecule has 2 amide bonds. The predicted octanol–water partition coefficient (Wildman–Crippen LogP) is 2.12. The van der Waals surface area contributed by atoms with Crippen LogP contribution in [0.25, 0.3) is 0 Å². The van der Waals surface area contributed by atoms with Crippen LogP contribution in [0, 0.1) is 13.8 Å². The van der Waals surface area contributed by atoms with Crippen molar-refractivity contribution in [1.29, 1.82) is 0 Å². The van der Waals surface area contributed by atoms with E-state index in [4.69, 9.17) is 9.52 Å². The molecule has 3 N–H and O–H groups in total. The lowest BCUT2D eigenvalue weighted by atomic mass is 10.1. The van der Waals surface area contributed by atoms with Gasteiger partial charge in [0.2, 0.25) is 0 Å². The van der Waals surface area contributed by atoms with Gasteiger partial charge in [0.25, 0.3) is 0 Å². The van der Waals surface area contributed by atoms with Gasteiger partial charge in [0.05, 0.1) is 6.04 Å². The third-order valence-corrected chi connectivity index (χ3v) is 2.91. The summed E-state index contributed by atoms with van der Waals surface area (Å²) in [5, 5.41) is 14.0. The number of carboxylic acids is 1. The number of aliphatic carboxylic acids is 1. The lowest BCUT2D eigenvalue weighted by Gasteiger charge is -2.17. The highest BCUT2D eigenvalue weighted by atomic mass is 16.4. The maximum atomic E-state index is 11.7. The maximum Gasteiger partial charge on any atom is 0.326 e. The summed E-state index contributed by atoms with van der Waals surface area (Å²) >= 11 is 0. The van der Waals surface area contributed by atoms with Crippen molar-refractivity contribution in [2.45, 2.75) is 46.2 Å². The number of nitrogens with one attached hydrogen (secondary N) is 2. The van der Waals surface area contributed by atoms with Gasteiger partial charge in [-0.1, -0.05) is 6.92 Å². The molecular weight excluding hydrogens is 248 g/mol. The van der Waals surface area contributed by atoms with E-state index < -0.39 is 18.0 Å². The molecule has 19 heavy (non-hydrogen) atoms. The molecule has 0 bridgehead atoms. The number of amides is 2. The quantitative estimate of drug-likeness (QED) is 0.762. The van der Waals surface area contributed by atoms with Crippen LogP contribution >= 0.6 is 0 Å². The van der Waals surface area contributed by atoms with Crippen molar-refractivity contribution in [3.05, 3.63) is 23.2 Å². The van der Waals surface area contributed by atoms with E-state index in [1.807, 2.05) is 26.8 Å². The lowest BCUT2D eigenvalue weighted by Crippen LogP contribution is -2.46. The second kappa shape index (κ2) is 6.26. The summed E-state index contributed by atoms with van der Waals surface area (Å²) in [5.41, 5.74) is 0.885. The van der Waals surface area contributed by atoms with Gasteiger partial charge in [-0.25, -0.2) is 9.59 Å². The molecule has 1 heterocycles. The standard InChI is InChI=1S/C13H20N2O4/c1-5-11(12(16)17)15-13(18)14-8(3)10-6-7(2)19-9(10)4/h6,8,11H,5H2,1-4H3,(H,16,17)(H2,14,15,18). The fourth-order valence-corrected chi connectivity index (χ4v) is 1.89. The Bertz CT molecular complexity index is 467. The van der Waals surface area contributed by atoms with Gasteiger partial charge in [-0.05, 0) is 33.3 Å². The second-order valence-corrected chi connectivity index (χ2v) is 4.51. The Morgan fingerprint density at radius 3 is 2.42 bits per heavy atom. The Morgan fingerprint density at radius 2 is 2.00 bits per heavy atom. The fourth-order valence-electron chi connectivity index (χ4n) is 1.89. The Kier molecular flexibility index (Phi) is 4.97. The predicted molar refractivity (Wildman–Crippen MR) is 70.0 cm³/mol. The molecule has 0 fully saturated rings. The van der Waals surface area contributed by atoms with Crippen molar-refractivity contribution in [2.75, 3.05) is 0 Å². The maximum absolute atomic E-state index is 11.7. The second-order valence-electron chi connectivity index (χ2n) is 4.51. The van der Waals surface area contributed by atoms with Crippen LogP contribution in [0.5, 0.6) is 0 Å². The topological polar surface area (TPSA) is 91.6 Å². The van der Waals surface area contributed by atoms with Crippen LogP contribution in [-0.4, -0.2) is 23.1 Å². The number of urea groups is 1. The summed E-state index contributed by atoms with van der Waals surface area (Å²) in [4.78, 5) is 22.5. The highest BCUT2D eigenvalue weighted by molar-refractivity contribution is 5.82. The molecule has 2 atom stereocenters. The van der Waals surface area contributed by atoms with Gasteiger partial charge in [-0.3, -0.25) is 0 Å². The molecule has 106 valence electrons. The van der Waals surface area contributed by atoms with Crippen LogP contribution in [0.2, 0.25) is 0 Å². The minimum atomic E-state index is -1.04. The summed E-state index contributed by atoms with van der Waals surface area (Å²) in [6.45, 7) is 7.18. The first kappa shape index (κ1) is 15.1. The molecule has 1 aromatic rings. The van der Waals surface area contributed by atoms with Crippen molar-refractivity contribution in [1.82, 2.24) is 10.6 Å². The molecular formula is C13H20N2O4. The van der Waals surface area contributed by atoms with Gasteiger partial charge < -0.3 is 20.2 Å². The first-order valence-corrected chi connectivity index (χ1v) is 6.21. The van der Waals surface area contributed by atoms with Crippen LogP contribution in [0.4, 0.5) is 4.79 Å². The number of rotatable bonds is 5. The Hall–Kier alpha value is -1.98. The van der Waals surface area contributed by atoms with E-state index in [2.05, 4.69) is 10.6 Å². The summed E-state index contributed by atoms with van der Waals surface area (Å²) in [5.74, 6) is 0.481. The van der Waals surface area contributed by atoms with E-state index in [1.165, 1.54) is 0 Å². The zero-order valence-corrected chi connectivity index (χ0v) is 11.6. The lowest BCUT2D eigenvalue weighted by molar-refractivity contribution is -0.139. The molecule has 0 spiro atoms. The number of hydrogen-bond acceptors (Lipinski definition) is 3. The summed E-state index contributed by atoms with van der Waals surface area (Å²) < 4.78 is 5.39. The molecule has 0 radical (unpaired) electrons. The molecule has 2 unspecified atom stereocenters. The molecule has 1 aromatic heterocycles. The van der Waals surface area contributed by atoms with Gasteiger partial charge >= 0.3 is 12.0 Å². The van der Waals surface area contributed by atoms with Crippen LogP contribution in [0.3, 0.4) is 0 Å². The molecule has 0 aliphatic carbocycles. The average molecular weight is 268 g/mol. The van der Waals surface area contributed by atoms with Gasteiger partial charge in [-0.2, -0.15) is 0 Å². The normalized spacial score (nSPS) is 13.7. The van der Waals surface area contributed by atoms with Crippen molar-refractivity contribution in [3.63, 3.8) is 0 Å². The van der Waals surface area contributed by atoms with Crippen molar-refractivity contribution < 1.29 is 19.1 Å². The SMILES string of the molecule is CCC(NC(=O)NC(C)c1cc(C)oc1C)C(=O)O. The third kappa shape index (κ3) is 4.01. The van der Waals surface area contributed by atoms with Crippen LogP contribution in [0.1, 0.15) is 43.4 Å². The van der Waals surface area contributed by atoms with E-state index in [0.717, 1.165) is 17.1 Å². The number of carbonyl (C=O) groups is 2. The first-order valence-electron chi connectivity index (χ1n) is 6.21. The summed E-state index contributed by atoms with van der Waals surface area (Å²) in [7, 11) is 0. The van der Waals surface area contributed by atoms with E-state index in [0.29, 0.717) is 6.42 Å². The minimum absolute atomic E-state index is 0.247. The molecule has 6 heteroatoms. The number of hydrogen-bond donors (Lipinski definition) is 3. The molecule has 0 aliphatic rings. The monoisotopic (exact) mass is 268 g/mol. The van der Waals surface area contributed by atoms with Gasteiger partial charge in [0.1, 0.15) is 17.6 Å². The van der Waals surface area contributed by atoms with E-state index in [9.17, 15) is 9.59 Å². The van der Waals surface area contributed by atoms with E-state index >= 15 is 0 Å². The minimum Gasteiger partial charge on any atom is -0.480 e. The summed E-state index contributed by atoms with van der Waals surface area (Å²) in [6.07, 6.45) is 0.334. The number of aryl methyl sites for hydroxylation is 2. The first-order chi connectivity index (χ1) is 8.85. The summed E-state index contributed by atoms with van der Waals surface area (Å²) in [6, 6.07) is 0.234. The number of carboxylic acid groups (broad SMARTS) is 1. The smallest absolute Gasteiger partial charge is 0.326 e. The third-order valence-electron chi connectivity index (χ3n) is 2.91. The highest BCUT2D eigenvalue weighted by Gasteiger charge is 2.20. The van der Waals surface area contributed by atoms with Crippen LogP contribution in [0.15, 0.2) is 10.5 Å². The molecule has 0 aliphatic heterocycles. The van der Waals surface area contributed by atoms with Crippen LogP contribution < -0.4 is 10.6 Å². The van der Waals surface area contributed by atoms with Crippen LogP contribution in [-0.2, 0) is 4.79 Å². The number of carbonyl (C=O) groups excluding carboxylic acids is 1. The Balaban J connectivity index is 2.62. The molecule has 0 aromatic carbocycles. The molecule has 6 nitrogen and oxygen atoms in total. The fraction of sp³-hybridized carbons (Fsp3) is 0.538. The average Bonchev–Trinajstić information content (AvgIpc) is 2.65. The molecule has 1 rings (SSSR count). The largest absolute Gasteiger partial charge is 0.480 e. The molecule has 0 saturated carbocycles. The van der Waals surface area contributed by atoms with Crippen molar-refractivity contribution in [3.8, 4) is 0 Å². The zero-order valence-electron chi connectivity index (χ0n) is 11.6. The van der Waals surface area contributed by atoms with Crippen molar-refractivity contribution >= 4 is 12.0 Å². The van der Waals surface area contributed by atoms with Gasteiger partial charge in [0, 0.05) is 5.56 Å². The van der Waals surface area contributed by atoms with Crippen molar-refractivity contribution in [2.24, 2.45) is 0 Å². The van der Waals surface area contributed by atoms with E-state index in [1.54, 1.807) is 6.92 Å². The van der Waals surface area contributed by atoms with E-state index in [-0.39, 0.29) is 6.04 Å².